The lowest BCUT2D eigenvalue weighted by molar-refractivity contribution is -0.129. The minimum atomic E-state index is -3.78. The molecule has 2 heterocycles. The molecule has 4 rings (SSSR count). The number of esters is 1. The zero-order chi connectivity index (χ0) is 23.4. The van der Waals surface area contributed by atoms with Gasteiger partial charge in [0.1, 0.15) is 11.6 Å². The number of aromatic nitrogens is 1. The van der Waals surface area contributed by atoms with E-state index in [0.717, 1.165) is 10.6 Å². The minimum Gasteiger partial charge on any atom is -0.456 e. The van der Waals surface area contributed by atoms with E-state index in [-0.39, 0.29) is 36.1 Å². The summed E-state index contributed by atoms with van der Waals surface area (Å²) in [6.45, 7) is 2.57. The molecule has 3 aromatic rings. The second-order valence-electron chi connectivity index (χ2n) is 7.52. The molecule has 0 N–H and O–H groups in total. The van der Waals surface area contributed by atoms with Crippen molar-refractivity contribution >= 4 is 33.2 Å². The molecule has 2 aromatic carbocycles. The van der Waals surface area contributed by atoms with E-state index in [4.69, 9.17) is 4.74 Å². The molecule has 0 spiro atoms. The van der Waals surface area contributed by atoms with Gasteiger partial charge in [0.05, 0.1) is 16.2 Å². The highest BCUT2D eigenvalue weighted by Gasteiger charge is 2.29. The Bertz CT molecular complexity index is 1250. The second kappa shape index (κ2) is 9.82. The van der Waals surface area contributed by atoms with Crippen molar-refractivity contribution < 1.29 is 22.7 Å². The summed E-state index contributed by atoms with van der Waals surface area (Å²) in [6, 6.07) is 15.5. The summed E-state index contributed by atoms with van der Waals surface area (Å²) in [5.74, 6) is -0.699. The SMILES string of the molecule is CC(=O)N1CCN(S(=O)(=O)c2cccc(C(=O)OCc3csc(-c4ccccc4)n3)c2)CC1. The van der Waals surface area contributed by atoms with Crippen molar-refractivity contribution in [1.82, 2.24) is 14.2 Å². The van der Waals surface area contributed by atoms with E-state index in [2.05, 4.69) is 4.98 Å². The van der Waals surface area contributed by atoms with Gasteiger partial charge in [-0.2, -0.15) is 4.31 Å². The number of nitrogens with zero attached hydrogens (tertiary/aromatic N) is 3. The van der Waals surface area contributed by atoms with Gasteiger partial charge in [0.15, 0.2) is 0 Å². The average Bonchev–Trinajstić information content (AvgIpc) is 3.32. The minimum absolute atomic E-state index is 0.00779. The van der Waals surface area contributed by atoms with Crippen LogP contribution >= 0.6 is 11.3 Å². The van der Waals surface area contributed by atoms with Gasteiger partial charge in [0, 0.05) is 44.0 Å². The van der Waals surface area contributed by atoms with Crippen LogP contribution in [0.3, 0.4) is 0 Å². The molecule has 1 amide bonds. The standard InChI is InChI=1S/C23H23N3O5S2/c1-17(27)25-10-12-26(13-11-25)33(29,30)21-9-5-8-19(14-21)23(28)31-15-20-16-32-22(24-20)18-6-3-2-4-7-18/h2-9,14,16H,10-13,15H2,1H3. The molecule has 1 aromatic heterocycles. The number of piperazine rings is 1. The van der Waals surface area contributed by atoms with Crippen molar-refractivity contribution in [2.75, 3.05) is 26.2 Å². The van der Waals surface area contributed by atoms with Crippen molar-refractivity contribution in [2.45, 2.75) is 18.4 Å². The van der Waals surface area contributed by atoms with Crippen LogP contribution in [0.4, 0.5) is 0 Å². The Kier molecular flexibility index (Phi) is 6.87. The molecule has 8 nitrogen and oxygen atoms in total. The van der Waals surface area contributed by atoms with Crippen LogP contribution in [0.15, 0.2) is 64.9 Å². The topological polar surface area (TPSA) is 96.9 Å². The molecule has 0 aliphatic carbocycles. The third-order valence-electron chi connectivity index (χ3n) is 5.32. The van der Waals surface area contributed by atoms with E-state index in [1.54, 1.807) is 4.90 Å². The molecule has 33 heavy (non-hydrogen) atoms. The van der Waals surface area contributed by atoms with Crippen LogP contribution in [0.2, 0.25) is 0 Å². The van der Waals surface area contributed by atoms with Gasteiger partial charge in [0.25, 0.3) is 0 Å². The first-order valence-corrected chi connectivity index (χ1v) is 12.7. The number of hydrogen-bond acceptors (Lipinski definition) is 7. The summed E-state index contributed by atoms with van der Waals surface area (Å²) in [5.41, 5.74) is 1.76. The number of thiazole rings is 1. The summed E-state index contributed by atoms with van der Waals surface area (Å²) in [4.78, 5) is 30.2. The van der Waals surface area contributed by atoms with Crippen LogP contribution in [0.25, 0.3) is 10.6 Å². The molecule has 1 saturated heterocycles. The Hall–Kier alpha value is -3.08. The average molecular weight is 486 g/mol. The molecular formula is C23H23N3O5S2. The highest BCUT2D eigenvalue weighted by molar-refractivity contribution is 7.89. The third-order valence-corrected chi connectivity index (χ3v) is 8.15. The van der Waals surface area contributed by atoms with Crippen LogP contribution in [0.1, 0.15) is 23.0 Å². The Balaban J connectivity index is 1.41. The van der Waals surface area contributed by atoms with E-state index in [1.807, 2.05) is 35.7 Å². The van der Waals surface area contributed by atoms with E-state index in [0.29, 0.717) is 18.8 Å². The van der Waals surface area contributed by atoms with Gasteiger partial charge in [-0.05, 0) is 18.2 Å². The fourth-order valence-corrected chi connectivity index (χ4v) is 5.76. The van der Waals surface area contributed by atoms with E-state index < -0.39 is 16.0 Å². The highest BCUT2D eigenvalue weighted by atomic mass is 32.2. The molecule has 1 aliphatic rings. The molecule has 172 valence electrons. The molecule has 10 heteroatoms. The number of rotatable bonds is 6. The van der Waals surface area contributed by atoms with Crippen molar-refractivity contribution in [3.63, 3.8) is 0 Å². The number of hydrogen-bond donors (Lipinski definition) is 0. The van der Waals surface area contributed by atoms with Gasteiger partial charge in [-0.15, -0.1) is 11.3 Å². The van der Waals surface area contributed by atoms with Crippen molar-refractivity contribution in [2.24, 2.45) is 0 Å². The maximum absolute atomic E-state index is 13.0. The van der Waals surface area contributed by atoms with Crippen LogP contribution in [-0.4, -0.2) is 60.7 Å². The molecule has 0 saturated carbocycles. The largest absolute Gasteiger partial charge is 0.456 e. The number of ether oxygens (including phenoxy) is 1. The summed E-state index contributed by atoms with van der Waals surface area (Å²) < 4.78 is 32.7. The van der Waals surface area contributed by atoms with Crippen molar-refractivity contribution in [3.05, 3.63) is 71.2 Å². The van der Waals surface area contributed by atoms with E-state index in [9.17, 15) is 18.0 Å². The van der Waals surface area contributed by atoms with Gasteiger partial charge in [0.2, 0.25) is 15.9 Å². The first kappa shape index (κ1) is 23.1. The normalized spacial score (nSPS) is 14.8. The van der Waals surface area contributed by atoms with Crippen molar-refractivity contribution in [3.8, 4) is 10.6 Å². The lowest BCUT2D eigenvalue weighted by Gasteiger charge is -2.33. The summed E-state index contributed by atoms with van der Waals surface area (Å²) >= 11 is 1.46. The van der Waals surface area contributed by atoms with Gasteiger partial charge in [-0.1, -0.05) is 36.4 Å². The zero-order valence-electron chi connectivity index (χ0n) is 18.0. The first-order valence-electron chi connectivity index (χ1n) is 10.4. The number of sulfonamides is 1. The summed E-state index contributed by atoms with van der Waals surface area (Å²) in [5, 5.41) is 2.66. The smallest absolute Gasteiger partial charge is 0.338 e. The van der Waals surface area contributed by atoms with Crippen LogP contribution in [0.5, 0.6) is 0 Å². The number of amides is 1. The molecule has 1 aliphatic heterocycles. The van der Waals surface area contributed by atoms with Gasteiger partial charge in [-0.3, -0.25) is 4.79 Å². The molecule has 1 fully saturated rings. The Morgan fingerprint density at radius 3 is 2.45 bits per heavy atom. The fraction of sp³-hybridized carbons (Fsp3) is 0.261. The first-order chi connectivity index (χ1) is 15.8. The van der Waals surface area contributed by atoms with Crippen molar-refractivity contribution in [1.29, 1.82) is 0 Å². The lowest BCUT2D eigenvalue weighted by atomic mass is 10.2. The monoisotopic (exact) mass is 485 g/mol. The fourth-order valence-electron chi connectivity index (χ4n) is 3.49. The molecule has 0 radical (unpaired) electrons. The van der Waals surface area contributed by atoms with Crippen LogP contribution in [0, 0.1) is 0 Å². The summed E-state index contributed by atoms with van der Waals surface area (Å²) in [7, 11) is -3.78. The molecule has 0 bridgehead atoms. The Labute approximate surface area is 196 Å². The molecular weight excluding hydrogens is 462 g/mol. The van der Waals surface area contributed by atoms with E-state index in [1.165, 1.54) is 46.8 Å². The molecule has 0 atom stereocenters. The summed E-state index contributed by atoms with van der Waals surface area (Å²) in [6.07, 6.45) is 0. The lowest BCUT2D eigenvalue weighted by Crippen LogP contribution is -2.49. The highest BCUT2D eigenvalue weighted by Crippen LogP contribution is 2.24. The van der Waals surface area contributed by atoms with Gasteiger partial charge in [-0.25, -0.2) is 18.2 Å². The second-order valence-corrected chi connectivity index (χ2v) is 10.3. The molecule has 0 unspecified atom stereocenters. The zero-order valence-corrected chi connectivity index (χ0v) is 19.6. The third kappa shape index (κ3) is 5.29. The predicted octanol–water partition coefficient (Wildman–Crippen LogP) is 3.02. The maximum atomic E-state index is 13.0. The number of carbonyl (C=O) groups excluding carboxylic acids is 2. The maximum Gasteiger partial charge on any atom is 0.338 e. The van der Waals surface area contributed by atoms with Gasteiger partial charge >= 0.3 is 5.97 Å². The number of carbonyl (C=O) groups is 2. The van der Waals surface area contributed by atoms with E-state index >= 15 is 0 Å². The quantitative estimate of drug-likeness (QED) is 0.498. The van der Waals surface area contributed by atoms with Gasteiger partial charge < -0.3 is 9.64 Å². The van der Waals surface area contributed by atoms with Crippen LogP contribution in [-0.2, 0) is 26.2 Å². The predicted molar refractivity (Wildman–Crippen MR) is 124 cm³/mol. The van der Waals surface area contributed by atoms with Crippen LogP contribution < -0.4 is 0 Å². The Morgan fingerprint density at radius 1 is 1.03 bits per heavy atom. The number of benzene rings is 2. The Morgan fingerprint density at radius 2 is 1.76 bits per heavy atom.